The lowest BCUT2D eigenvalue weighted by atomic mass is 10.00. The summed E-state index contributed by atoms with van der Waals surface area (Å²) in [4.78, 5) is 25.7. The molecule has 0 spiro atoms. The highest BCUT2D eigenvalue weighted by molar-refractivity contribution is 5.91. The Labute approximate surface area is 167 Å². The van der Waals surface area contributed by atoms with Crippen LogP contribution in [-0.2, 0) is 13.5 Å². The van der Waals surface area contributed by atoms with Crippen molar-refractivity contribution in [3.05, 3.63) is 65.2 Å². The number of H-pyrrole nitrogens is 1. The predicted molar refractivity (Wildman–Crippen MR) is 97.3 cm³/mol. The molecule has 1 atom stereocenters. The first-order valence-electron chi connectivity index (χ1n) is 9.14. The van der Waals surface area contributed by atoms with Crippen LogP contribution in [0.1, 0.15) is 46.1 Å². The van der Waals surface area contributed by atoms with Crippen LogP contribution in [0.5, 0.6) is 0 Å². The van der Waals surface area contributed by atoms with E-state index in [1.165, 1.54) is 36.5 Å². The van der Waals surface area contributed by atoms with E-state index in [4.69, 9.17) is 4.42 Å². The van der Waals surface area contributed by atoms with Gasteiger partial charge in [-0.1, -0.05) is 6.07 Å². The molecular formula is C19H15F3N6O2. The van der Waals surface area contributed by atoms with Crippen molar-refractivity contribution in [1.82, 2.24) is 29.6 Å². The minimum absolute atomic E-state index is 0.225. The molecule has 11 heteroatoms. The first-order valence-corrected chi connectivity index (χ1v) is 9.14. The summed E-state index contributed by atoms with van der Waals surface area (Å²) in [7, 11) is 1.38. The van der Waals surface area contributed by atoms with Gasteiger partial charge in [0.05, 0.1) is 17.4 Å². The van der Waals surface area contributed by atoms with Gasteiger partial charge < -0.3 is 14.3 Å². The van der Waals surface area contributed by atoms with Crippen molar-refractivity contribution in [2.24, 2.45) is 7.05 Å². The van der Waals surface area contributed by atoms with Crippen molar-refractivity contribution >= 4 is 16.9 Å². The topological polar surface area (TPSA) is 92.8 Å². The van der Waals surface area contributed by atoms with E-state index in [1.54, 1.807) is 6.07 Å². The number of aromatic nitrogens is 5. The standard InChI is InChI=1S/C19H15F3N6O2/c1-27-18(25-17(26-27)16(21)22)19(29)28-6-5-11-14(24-8-23-11)15(28)13-7-9-10(20)3-2-4-12(9)30-13/h2-4,7-8,15-16H,5-6H2,1H3,(H,23,24)/t15-/m1/s1. The van der Waals surface area contributed by atoms with E-state index >= 15 is 0 Å². The molecule has 0 unspecified atom stereocenters. The summed E-state index contributed by atoms with van der Waals surface area (Å²) in [5.74, 6) is -1.69. The third-order valence-corrected chi connectivity index (χ3v) is 5.15. The van der Waals surface area contributed by atoms with Gasteiger partial charge in [0.25, 0.3) is 12.3 Å². The SMILES string of the molecule is Cn1nc(C(F)F)nc1C(=O)N1CCc2[nH]cnc2[C@H]1c1cc2c(F)cccc2o1. The number of amides is 1. The van der Waals surface area contributed by atoms with Crippen molar-refractivity contribution in [1.29, 1.82) is 0 Å². The number of imidazole rings is 1. The molecule has 5 rings (SSSR count). The van der Waals surface area contributed by atoms with Gasteiger partial charge in [-0.25, -0.2) is 27.8 Å². The first-order chi connectivity index (χ1) is 14.4. The van der Waals surface area contributed by atoms with Crippen LogP contribution < -0.4 is 0 Å². The summed E-state index contributed by atoms with van der Waals surface area (Å²) in [6.45, 7) is 0.259. The van der Waals surface area contributed by atoms with Crippen molar-refractivity contribution in [2.75, 3.05) is 6.54 Å². The number of alkyl halides is 2. The molecule has 1 amide bonds. The molecule has 0 aliphatic carbocycles. The predicted octanol–water partition coefficient (Wildman–Crippen LogP) is 3.15. The van der Waals surface area contributed by atoms with Crippen molar-refractivity contribution < 1.29 is 22.4 Å². The van der Waals surface area contributed by atoms with E-state index in [1.807, 2.05) is 0 Å². The number of aromatic amines is 1. The number of benzene rings is 1. The van der Waals surface area contributed by atoms with E-state index in [-0.39, 0.29) is 17.8 Å². The maximum atomic E-state index is 14.2. The van der Waals surface area contributed by atoms with Crippen LogP contribution >= 0.6 is 0 Å². The van der Waals surface area contributed by atoms with Gasteiger partial charge in [0, 0.05) is 25.7 Å². The van der Waals surface area contributed by atoms with Crippen molar-refractivity contribution in [3.8, 4) is 0 Å². The molecule has 4 heterocycles. The van der Waals surface area contributed by atoms with Crippen LogP contribution in [0.25, 0.3) is 11.0 Å². The highest BCUT2D eigenvalue weighted by Gasteiger charge is 2.38. The zero-order valence-corrected chi connectivity index (χ0v) is 15.6. The van der Waals surface area contributed by atoms with Gasteiger partial charge >= 0.3 is 0 Å². The Balaban J connectivity index is 1.62. The zero-order chi connectivity index (χ0) is 21.0. The number of nitrogens with zero attached hydrogens (tertiary/aromatic N) is 5. The lowest BCUT2D eigenvalue weighted by molar-refractivity contribution is 0.0654. The summed E-state index contributed by atoms with van der Waals surface area (Å²) in [6, 6.07) is 5.23. The molecule has 0 radical (unpaired) electrons. The van der Waals surface area contributed by atoms with E-state index in [9.17, 15) is 18.0 Å². The van der Waals surface area contributed by atoms with E-state index < -0.39 is 30.0 Å². The molecule has 0 saturated carbocycles. The second-order valence-corrected chi connectivity index (χ2v) is 6.94. The monoisotopic (exact) mass is 416 g/mol. The number of hydrogen-bond acceptors (Lipinski definition) is 5. The first kappa shape index (κ1) is 18.4. The number of hydrogen-bond donors (Lipinski definition) is 1. The second-order valence-electron chi connectivity index (χ2n) is 6.94. The molecule has 30 heavy (non-hydrogen) atoms. The Morgan fingerprint density at radius 2 is 2.20 bits per heavy atom. The summed E-state index contributed by atoms with van der Waals surface area (Å²) >= 11 is 0. The summed E-state index contributed by atoms with van der Waals surface area (Å²) in [5.41, 5.74) is 1.69. The van der Waals surface area contributed by atoms with Gasteiger partial charge in [-0.05, 0) is 18.2 Å². The zero-order valence-electron chi connectivity index (χ0n) is 15.6. The quantitative estimate of drug-likeness (QED) is 0.554. The fourth-order valence-corrected chi connectivity index (χ4v) is 3.77. The fraction of sp³-hybridized carbons (Fsp3) is 0.263. The van der Waals surface area contributed by atoms with E-state index in [0.717, 1.165) is 10.4 Å². The van der Waals surface area contributed by atoms with Crippen LogP contribution in [0, 0.1) is 5.82 Å². The molecule has 4 aromatic rings. The molecule has 0 saturated heterocycles. The summed E-state index contributed by atoms with van der Waals surface area (Å²) < 4.78 is 47.1. The molecule has 0 bridgehead atoms. The molecule has 1 N–H and O–H groups in total. The molecule has 0 fully saturated rings. The third kappa shape index (κ3) is 2.77. The smallest absolute Gasteiger partial charge is 0.299 e. The molecular weight excluding hydrogens is 401 g/mol. The van der Waals surface area contributed by atoms with Crippen LogP contribution in [0.4, 0.5) is 13.2 Å². The number of nitrogens with one attached hydrogen (secondary N) is 1. The minimum Gasteiger partial charge on any atom is -0.458 e. The van der Waals surface area contributed by atoms with Crippen LogP contribution in [-0.4, -0.2) is 42.1 Å². The summed E-state index contributed by atoms with van der Waals surface area (Å²) in [5, 5.41) is 3.90. The molecule has 1 aliphatic heterocycles. The molecule has 1 aliphatic rings. The van der Waals surface area contributed by atoms with Gasteiger partial charge in [-0.15, -0.1) is 5.10 Å². The highest BCUT2D eigenvalue weighted by Crippen LogP contribution is 2.37. The molecule has 8 nitrogen and oxygen atoms in total. The van der Waals surface area contributed by atoms with E-state index in [0.29, 0.717) is 23.5 Å². The highest BCUT2D eigenvalue weighted by atomic mass is 19.3. The Kier molecular flexibility index (Phi) is 4.12. The molecule has 1 aromatic carbocycles. The van der Waals surface area contributed by atoms with Crippen LogP contribution in [0.3, 0.4) is 0 Å². The Morgan fingerprint density at radius 1 is 1.37 bits per heavy atom. The Morgan fingerprint density at radius 3 is 2.93 bits per heavy atom. The fourth-order valence-electron chi connectivity index (χ4n) is 3.77. The lowest BCUT2D eigenvalue weighted by Crippen LogP contribution is -2.41. The minimum atomic E-state index is -2.90. The lowest BCUT2D eigenvalue weighted by Gasteiger charge is -2.33. The van der Waals surface area contributed by atoms with Crippen LogP contribution in [0.15, 0.2) is 35.0 Å². The maximum Gasteiger partial charge on any atom is 0.299 e. The van der Waals surface area contributed by atoms with E-state index in [2.05, 4.69) is 20.1 Å². The Bertz CT molecular complexity index is 1260. The van der Waals surface area contributed by atoms with Gasteiger partial charge in [0.1, 0.15) is 23.2 Å². The number of halogens is 3. The normalized spacial score (nSPS) is 16.4. The number of furan rings is 1. The van der Waals surface area contributed by atoms with Crippen LogP contribution in [0.2, 0.25) is 0 Å². The number of rotatable bonds is 3. The molecule has 154 valence electrons. The Hall–Kier alpha value is -3.63. The second kappa shape index (κ2) is 6.71. The van der Waals surface area contributed by atoms with Crippen molar-refractivity contribution in [2.45, 2.75) is 18.9 Å². The number of fused-ring (bicyclic) bond motifs is 2. The third-order valence-electron chi connectivity index (χ3n) is 5.15. The average molecular weight is 416 g/mol. The average Bonchev–Trinajstić information content (AvgIpc) is 3.44. The molecule has 3 aromatic heterocycles. The summed E-state index contributed by atoms with van der Waals surface area (Å²) in [6.07, 6.45) is -0.913. The number of carbonyl (C=O) groups excluding carboxylic acids is 1. The number of carbonyl (C=O) groups is 1. The van der Waals surface area contributed by atoms with Gasteiger partial charge in [0.2, 0.25) is 11.6 Å². The van der Waals surface area contributed by atoms with Gasteiger partial charge in [-0.3, -0.25) is 4.79 Å². The van der Waals surface area contributed by atoms with Crippen molar-refractivity contribution in [3.63, 3.8) is 0 Å². The number of aryl methyl sites for hydroxylation is 1. The van der Waals surface area contributed by atoms with Gasteiger partial charge in [-0.2, -0.15) is 0 Å². The van der Waals surface area contributed by atoms with Gasteiger partial charge in [0.15, 0.2) is 0 Å². The maximum absolute atomic E-state index is 14.2. The largest absolute Gasteiger partial charge is 0.458 e.